The van der Waals surface area contributed by atoms with E-state index in [0.717, 1.165) is 71.4 Å². The van der Waals surface area contributed by atoms with Crippen molar-refractivity contribution in [3.05, 3.63) is 198 Å². The molecule has 15 rings (SSSR count). The lowest BCUT2D eigenvalue weighted by atomic mass is 9.34. The topological polar surface area (TPSA) is 28.3 Å². The van der Waals surface area contributed by atoms with Gasteiger partial charge in [0.25, 0.3) is 6.71 Å². The Balaban J connectivity index is 1.11. The zero-order chi connectivity index (χ0) is 50.9. The monoisotopic (exact) mass is 868 g/mol. The van der Waals surface area contributed by atoms with Crippen LogP contribution >= 0.6 is 0 Å². The molecule has 0 N–H and O–H groups in total. The van der Waals surface area contributed by atoms with Gasteiger partial charge in [-0.05, 0) is 126 Å². The summed E-state index contributed by atoms with van der Waals surface area (Å²) in [4.78, 5) is 0. The van der Waals surface area contributed by atoms with E-state index in [4.69, 9.17) is 15.0 Å². The van der Waals surface area contributed by atoms with Crippen LogP contribution in [0.4, 0.5) is 0 Å². The lowest BCUT2D eigenvalue weighted by molar-refractivity contribution is 0.463. The molecule has 318 valence electrons. The second-order valence-corrected chi connectivity index (χ2v) is 18.0. The molecule has 67 heavy (non-hydrogen) atoms. The molecule has 0 unspecified atom stereocenters. The highest BCUT2D eigenvalue weighted by molar-refractivity contribution is 6.98. The maximum absolute atomic E-state index is 9.44. The van der Waals surface area contributed by atoms with Crippen molar-refractivity contribution in [2.45, 2.75) is 51.2 Å². The number of benzene rings is 9. The molecule has 9 aromatic carbocycles. The molecule has 0 radical (unpaired) electrons. The molecule has 0 atom stereocenters. The molecule has 0 saturated heterocycles. The third-order valence-electron chi connectivity index (χ3n) is 14.5. The van der Waals surface area contributed by atoms with Crippen LogP contribution in [0.25, 0.3) is 77.2 Å². The SMILES string of the molecule is [2H]C1([2H])CCC([2H])([2H])c2c(-c3cccc4c3Oc3c(-n5c6ccccc6c6ccccc65)cc(-n5c6ccccc6c6ccccc65)c5c3B4c3cccc(-c4cccc6c4C([2H])([2H])CCC6([2H])[2H])c3O5)cccc21. The Kier molecular flexibility index (Phi) is 6.53. The van der Waals surface area contributed by atoms with Gasteiger partial charge in [0.15, 0.2) is 11.5 Å². The predicted octanol–water partition coefficient (Wildman–Crippen LogP) is 13.7. The number of nitrogens with zero attached hydrogens (tertiary/aromatic N) is 2. The van der Waals surface area contributed by atoms with Gasteiger partial charge >= 0.3 is 0 Å². The predicted molar refractivity (Wildman–Crippen MR) is 277 cm³/mol. The molecule has 0 fully saturated rings. The number of hydrogen-bond acceptors (Lipinski definition) is 2. The van der Waals surface area contributed by atoms with Crippen LogP contribution in [0, 0.1) is 0 Å². The van der Waals surface area contributed by atoms with Crippen molar-refractivity contribution in [1.82, 2.24) is 9.13 Å². The minimum Gasteiger partial charge on any atom is -0.455 e. The second kappa shape index (κ2) is 14.4. The van der Waals surface area contributed by atoms with E-state index in [1.54, 1.807) is 12.1 Å². The highest BCUT2D eigenvalue weighted by Gasteiger charge is 2.45. The third-order valence-corrected chi connectivity index (χ3v) is 14.5. The Bertz CT molecular complexity index is 3930. The summed E-state index contributed by atoms with van der Waals surface area (Å²) in [6, 6.07) is 58.5. The molecule has 0 bridgehead atoms. The molecular weight excluding hydrogens is 816 g/mol. The molecule has 4 heterocycles. The molecule has 4 aliphatic rings. The summed E-state index contributed by atoms with van der Waals surface area (Å²) in [6.45, 7) is -0.576. The van der Waals surface area contributed by atoms with E-state index in [0.29, 0.717) is 67.5 Å². The molecule has 11 aromatic rings. The average Bonchev–Trinajstić information content (AvgIpc) is 4.07. The lowest BCUT2D eigenvalue weighted by Crippen LogP contribution is -2.58. The van der Waals surface area contributed by atoms with E-state index in [-0.39, 0.29) is 25.7 Å². The largest absolute Gasteiger partial charge is 0.455 e. The van der Waals surface area contributed by atoms with Crippen LogP contribution in [0.5, 0.6) is 23.0 Å². The Morgan fingerprint density at radius 1 is 0.373 bits per heavy atom. The van der Waals surface area contributed by atoms with Crippen molar-refractivity contribution >= 4 is 66.7 Å². The maximum Gasteiger partial charge on any atom is 0.260 e. The van der Waals surface area contributed by atoms with Gasteiger partial charge in [-0.25, -0.2) is 0 Å². The molecule has 5 heteroatoms. The number of aryl methyl sites for hydroxylation is 2. The first-order valence-corrected chi connectivity index (χ1v) is 23.3. The smallest absolute Gasteiger partial charge is 0.260 e. The molecule has 2 aliphatic heterocycles. The summed E-state index contributed by atoms with van der Waals surface area (Å²) in [5.74, 6) is 2.13. The Morgan fingerprint density at radius 3 is 1.18 bits per heavy atom. The van der Waals surface area contributed by atoms with E-state index in [9.17, 15) is 5.48 Å². The summed E-state index contributed by atoms with van der Waals surface area (Å²) >= 11 is 0. The molecule has 2 aliphatic carbocycles. The van der Waals surface area contributed by atoms with Gasteiger partial charge in [-0.2, -0.15) is 0 Å². The first kappa shape index (κ1) is 30.4. The van der Waals surface area contributed by atoms with Crippen molar-refractivity contribution in [2.75, 3.05) is 0 Å². The summed E-state index contributed by atoms with van der Waals surface area (Å²) in [7, 11) is 0. The molecule has 4 nitrogen and oxygen atoms in total. The van der Waals surface area contributed by atoms with Crippen LogP contribution in [0.3, 0.4) is 0 Å². The summed E-state index contributed by atoms with van der Waals surface area (Å²) in [5, 5.41) is 4.27. The van der Waals surface area contributed by atoms with Crippen molar-refractivity contribution in [3.8, 4) is 56.6 Å². The summed E-state index contributed by atoms with van der Waals surface area (Å²) < 4.78 is 94.1. The van der Waals surface area contributed by atoms with Crippen molar-refractivity contribution in [1.29, 1.82) is 0 Å². The fourth-order valence-corrected chi connectivity index (χ4v) is 11.7. The van der Waals surface area contributed by atoms with Crippen LogP contribution in [0.2, 0.25) is 0 Å². The molecule has 0 amide bonds. The molecule has 0 saturated carbocycles. The Morgan fingerprint density at radius 2 is 0.746 bits per heavy atom. The standard InChI is InChI=1S/C62H45BN2O2/c1-3-21-40-38(17-1)19-13-27-42(40)48-29-15-31-50-59(48)66-61-56(64-52-33-9-5-23-44(52)45-24-6-10-34-53(45)64)37-57(65-54-35-11-7-25-46(54)47-26-8-12-36-55(47)65)62-58(61)63(50)51-32-16-30-49(60(51)67-62)43-28-14-20-39-18-2-4-22-41(39)43/h5-16,19-20,23-37H,1-4,17-18,21-22H2/i17D2,18D2,21D2,22D2. The van der Waals surface area contributed by atoms with Gasteiger partial charge in [-0.15, -0.1) is 0 Å². The van der Waals surface area contributed by atoms with E-state index >= 15 is 0 Å². The first-order chi connectivity index (χ1) is 36.2. The van der Waals surface area contributed by atoms with E-state index < -0.39 is 32.2 Å². The van der Waals surface area contributed by atoms with E-state index in [1.807, 2.05) is 48.5 Å². The quantitative estimate of drug-likeness (QED) is 0.165. The molecule has 0 spiro atoms. The highest BCUT2D eigenvalue weighted by Crippen LogP contribution is 2.50. The maximum atomic E-state index is 9.44. The third kappa shape index (κ3) is 5.31. The van der Waals surface area contributed by atoms with E-state index in [1.165, 1.54) is 0 Å². The number of hydrogen-bond donors (Lipinski definition) is 0. The lowest BCUT2D eigenvalue weighted by Gasteiger charge is -2.37. The van der Waals surface area contributed by atoms with E-state index in [2.05, 4.69) is 124 Å². The van der Waals surface area contributed by atoms with Crippen molar-refractivity contribution in [2.24, 2.45) is 0 Å². The number of fused-ring (bicyclic) bond motifs is 12. The molecule has 2 aromatic heterocycles. The van der Waals surface area contributed by atoms with Crippen molar-refractivity contribution < 1.29 is 20.4 Å². The Hall–Kier alpha value is -7.76. The fourth-order valence-electron chi connectivity index (χ4n) is 11.7. The number of aromatic nitrogens is 2. The van der Waals surface area contributed by atoms with Crippen molar-refractivity contribution in [3.63, 3.8) is 0 Å². The summed E-state index contributed by atoms with van der Waals surface area (Å²) in [5.41, 5.74) is 11.5. The van der Waals surface area contributed by atoms with Crippen LogP contribution in [0.15, 0.2) is 176 Å². The van der Waals surface area contributed by atoms with Crippen LogP contribution in [-0.2, 0) is 25.5 Å². The Labute approximate surface area is 401 Å². The number of rotatable bonds is 4. The van der Waals surface area contributed by atoms with Crippen LogP contribution < -0.4 is 25.9 Å². The van der Waals surface area contributed by atoms with Gasteiger partial charge in [0.2, 0.25) is 0 Å². The zero-order valence-corrected chi connectivity index (χ0v) is 36.4. The van der Waals surface area contributed by atoms with Gasteiger partial charge < -0.3 is 18.6 Å². The number of ether oxygens (including phenoxy) is 2. The highest BCUT2D eigenvalue weighted by atomic mass is 16.5. The first-order valence-electron chi connectivity index (χ1n) is 27.3. The average molecular weight is 869 g/mol. The van der Waals surface area contributed by atoms with Gasteiger partial charge in [0.05, 0.1) is 33.4 Å². The number of para-hydroxylation sites is 6. The normalized spacial score (nSPS) is 19.4. The van der Waals surface area contributed by atoms with Crippen LogP contribution in [-0.4, -0.2) is 15.8 Å². The second-order valence-electron chi connectivity index (χ2n) is 18.0. The zero-order valence-electron chi connectivity index (χ0n) is 44.4. The van der Waals surface area contributed by atoms with Crippen LogP contribution in [0.1, 0.15) is 58.9 Å². The van der Waals surface area contributed by atoms with Gasteiger partial charge in [0.1, 0.15) is 11.5 Å². The van der Waals surface area contributed by atoms with Gasteiger partial charge in [-0.1, -0.05) is 146 Å². The fraction of sp³-hybridized carbons (Fsp3) is 0.129. The minimum absolute atomic E-state index is 0.0222. The summed E-state index contributed by atoms with van der Waals surface area (Å²) in [6.07, 6.45) is -6.99. The van der Waals surface area contributed by atoms with Gasteiger partial charge in [-0.3, -0.25) is 0 Å². The molecular formula is C62H45BN2O2. The minimum atomic E-state index is -1.83. The van der Waals surface area contributed by atoms with Gasteiger partial charge in [0, 0.05) is 49.1 Å².